The van der Waals surface area contributed by atoms with E-state index >= 15 is 0 Å². The Balaban J connectivity index is 1.47. The highest BCUT2D eigenvalue weighted by Gasteiger charge is 2.42. The molecular formula is C17H26N2O2. The number of aromatic nitrogens is 1. The minimum Gasteiger partial charge on any atom is -0.385 e. The van der Waals surface area contributed by atoms with Crippen molar-refractivity contribution >= 4 is 0 Å². The summed E-state index contributed by atoms with van der Waals surface area (Å²) in [6.45, 7) is 4.98. The molecule has 1 aromatic rings. The number of rotatable bonds is 5. The molecule has 21 heavy (non-hydrogen) atoms. The van der Waals surface area contributed by atoms with E-state index in [1.807, 2.05) is 12.3 Å². The summed E-state index contributed by atoms with van der Waals surface area (Å²) in [6.07, 6.45) is 6.54. The third kappa shape index (κ3) is 3.82. The Morgan fingerprint density at radius 2 is 2.24 bits per heavy atom. The van der Waals surface area contributed by atoms with Crippen molar-refractivity contribution in [1.82, 2.24) is 9.88 Å². The predicted octanol–water partition coefficient (Wildman–Crippen LogP) is 2.49. The molecule has 0 aliphatic carbocycles. The fraction of sp³-hybridized carbons (Fsp3) is 0.706. The van der Waals surface area contributed by atoms with Crippen molar-refractivity contribution in [2.24, 2.45) is 5.92 Å². The van der Waals surface area contributed by atoms with Crippen molar-refractivity contribution in [3.8, 4) is 0 Å². The molecule has 0 bridgehead atoms. The number of nitrogens with zero attached hydrogens (tertiary/aromatic N) is 2. The molecule has 0 aromatic carbocycles. The van der Waals surface area contributed by atoms with Gasteiger partial charge in [-0.15, -0.1) is 0 Å². The van der Waals surface area contributed by atoms with Crippen molar-refractivity contribution < 1.29 is 9.47 Å². The van der Waals surface area contributed by atoms with Gasteiger partial charge < -0.3 is 9.47 Å². The Morgan fingerprint density at radius 1 is 1.38 bits per heavy atom. The van der Waals surface area contributed by atoms with Gasteiger partial charge in [0.2, 0.25) is 0 Å². The highest BCUT2D eigenvalue weighted by molar-refractivity contribution is 5.04. The second-order valence-corrected chi connectivity index (χ2v) is 6.44. The first-order valence-electron chi connectivity index (χ1n) is 8.05. The molecule has 3 rings (SSSR count). The van der Waals surface area contributed by atoms with Gasteiger partial charge in [0.15, 0.2) is 0 Å². The summed E-state index contributed by atoms with van der Waals surface area (Å²) < 4.78 is 11.4. The molecule has 0 N–H and O–H groups in total. The van der Waals surface area contributed by atoms with Gasteiger partial charge in [-0.2, -0.15) is 0 Å². The molecule has 2 fully saturated rings. The van der Waals surface area contributed by atoms with Crippen molar-refractivity contribution in [1.29, 1.82) is 0 Å². The van der Waals surface area contributed by atoms with Crippen molar-refractivity contribution in [3.05, 3.63) is 30.1 Å². The van der Waals surface area contributed by atoms with Crippen LogP contribution in [0.1, 0.15) is 31.4 Å². The van der Waals surface area contributed by atoms with E-state index in [9.17, 15) is 0 Å². The number of likely N-dealkylation sites (tertiary alicyclic amines) is 1. The first-order chi connectivity index (χ1) is 10.3. The average Bonchev–Trinajstić information content (AvgIpc) is 2.92. The molecule has 4 nitrogen and oxygen atoms in total. The second kappa shape index (κ2) is 6.86. The first kappa shape index (κ1) is 14.9. The van der Waals surface area contributed by atoms with Crippen LogP contribution in [0.25, 0.3) is 0 Å². The minimum absolute atomic E-state index is 0.152. The minimum atomic E-state index is 0.152. The molecule has 1 spiro atoms. The third-order valence-electron chi connectivity index (χ3n) is 4.90. The summed E-state index contributed by atoms with van der Waals surface area (Å²) >= 11 is 0. The number of hydrogen-bond acceptors (Lipinski definition) is 4. The van der Waals surface area contributed by atoms with Gasteiger partial charge in [0.25, 0.3) is 0 Å². The monoisotopic (exact) mass is 290 g/mol. The van der Waals surface area contributed by atoms with E-state index in [0.717, 1.165) is 52.1 Å². The van der Waals surface area contributed by atoms with Gasteiger partial charge in [0.1, 0.15) is 0 Å². The van der Waals surface area contributed by atoms with E-state index in [2.05, 4.69) is 22.0 Å². The van der Waals surface area contributed by atoms with Crippen molar-refractivity contribution in [2.45, 2.75) is 37.8 Å². The number of methoxy groups -OCH3 is 1. The van der Waals surface area contributed by atoms with Crippen LogP contribution in [0.4, 0.5) is 0 Å². The first-order valence-corrected chi connectivity index (χ1v) is 8.05. The predicted molar refractivity (Wildman–Crippen MR) is 82.0 cm³/mol. The van der Waals surface area contributed by atoms with Crippen LogP contribution in [0.2, 0.25) is 0 Å². The van der Waals surface area contributed by atoms with E-state index in [1.54, 1.807) is 7.11 Å². The molecule has 1 unspecified atom stereocenters. The van der Waals surface area contributed by atoms with Crippen LogP contribution >= 0.6 is 0 Å². The molecule has 0 amide bonds. The zero-order valence-electron chi connectivity index (χ0n) is 13.0. The normalized spacial score (nSPS) is 25.5. The molecule has 2 aliphatic rings. The zero-order valence-corrected chi connectivity index (χ0v) is 13.0. The van der Waals surface area contributed by atoms with E-state index in [1.165, 1.54) is 12.1 Å². The Hall–Kier alpha value is -0.970. The largest absolute Gasteiger partial charge is 0.385 e. The maximum absolute atomic E-state index is 6.19. The fourth-order valence-electron chi connectivity index (χ4n) is 3.60. The molecule has 0 radical (unpaired) electrons. The summed E-state index contributed by atoms with van der Waals surface area (Å²) in [4.78, 5) is 6.92. The molecule has 4 heteroatoms. The Labute approximate surface area is 127 Å². The maximum Gasteiger partial charge on any atom is 0.0710 e. The molecule has 1 atom stereocenters. The van der Waals surface area contributed by atoms with E-state index in [4.69, 9.17) is 9.47 Å². The lowest BCUT2D eigenvalue weighted by molar-refractivity contribution is -0.0453. The molecule has 116 valence electrons. The summed E-state index contributed by atoms with van der Waals surface area (Å²) in [7, 11) is 1.78. The summed E-state index contributed by atoms with van der Waals surface area (Å²) in [5.41, 5.74) is 1.32. The molecular weight excluding hydrogens is 264 g/mol. The lowest BCUT2D eigenvalue weighted by atomic mass is 9.84. The summed E-state index contributed by atoms with van der Waals surface area (Å²) in [5.74, 6) is 0.687. The van der Waals surface area contributed by atoms with Gasteiger partial charge in [-0.3, -0.25) is 9.88 Å². The quantitative estimate of drug-likeness (QED) is 0.834. The molecule has 2 aliphatic heterocycles. The highest BCUT2D eigenvalue weighted by Crippen LogP contribution is 2.39. The van der Waals surface area contributed by atoms with Crippen molar-refractivity contribution in [2.75, 3.05) is 33.4 Å². The molecule has 1 aromatic heterocycles. The van der Waals surface area contributed by atoms with Gasteiger partial charge in [-0.1, -0.05) is 6.07 Å². The van der Waals surface area contributed by atoms with Crippen LogP contribution in [-0.2, 0) is 16.0 Å². The van der Waals surface area contributed by atoms with Crippen LogP contribution in [0, 0.1) is 5.92 Å². The maximum atomic E-state index is 6.19. The van der Waals surface area contributed by atoms with Gasteiger partial charge >= 0.3 is 0 Å². The second-order valence-electron chi connectivity index (χ2n) is 6.44. The topological polar surface area (TPSA) is 34.6 Å². The number of ether oxygens (including phenoxy) is 2. The zero-order chi connectivity index (χ0) is 14.5. The standard InChI is InChI=1S/C17H26N2O2/c1-20-11-5-15-12-17(21-14-15)6-9-19(10-7-17)13-16-4-2-3-8-18-16/h2-4,8,15H,5-7,9-14H2,1H3. The van der Waals surface area contributed by atoms with Crippen LogP contribution in [0.15, 0.2) is 24.4 Å². The van der Waals surface area contributed by atoms with E-state index in [0.29, 0.717) is 5.92 Å². The Morgan fingerprint density at radius 3 is 2.95 bits per heavy atom. The van der Waals surface area contributed by atoms with Crippen LogP contribution < -0.4 is 0 Å². The van der Waals surface area contributed by atoms with Gasteiger partial charge in [0.05, 0.1) is 17.9 Å². The van der Waals surface area contributed by atoms with E-state index in [-0.39, 0.29) is 5.60 Å². The number of pyridine rings is 1. The average molecular weight is 290 g/mol. The Bertz CT molecular complexity index is 430. The fourth-order valence-corrected chi connectivity index (χ4v) is 3.60. The van der Waals surface area contributed by atoms with E-state index < -0.39 is 0 Å². The van der Waals surface area contributed by atoms with Gasteiger partial charge in [0, 0.05) is 39.5 Å². The smallest absolute Gasteiger partial charge is 0.0710 e. The lowest BCUT2D eigenvalue weighted by Gasteiger charge is -2.38. The van der Waals surface area contributed by atoms with Crippen LogP contribution in [0.3, 0.4) is 0 Å². The van der Waals surface area contributed by atoms with Gasteiger partial charge in [-0.05, 0) is 43.7 Å². The number of piperidine rings is 1. The summed E-state index contributed by atoms with van der Waals surface area (Å²) in [5, 5.41) is 0. The highest BCUT2D eigenvalue weighted by atomic mass is 16.5. The Kier molecular flexibility index (Phi) is 4.88. The SMILES string of the molecule is COCCC1COC2(CCN(Cc3ccccn3)CC2)C1. The summed E-state index contributed by atoms with van der Waals surface area (Å²) in [6, 6.07) is 6.15. The lowest BCUT2D eigenvalue weighted by Crippen LogP contribution is -2.43. The third-order valence-corrected chi connectivity index (χ3v) is 4.90. The van der Waals surface area contributed by atoms with Crippen LogP contribution in [-0.4, -0.2) is 48.9 Å². The molecule has 0 saturated carbocycles. The van der Waals surface area contributed by atoms with Crippen molar-refractivity contribution in [3.63, 3.8) is 0 Å². The molecule has 3 heterocycles. The van der Waals surface area contributed by atoms with Gasteiger partial charge in [-0.25, -0.2) is 0 Å². The number of hydrogen-bond donors (Lipinski definition) is 0. The van der Waals surface area contributed by atoms with Crippen LogP contribution in [0.5, 0.6) is 0 Å². The molecule has 2 saturated heterocycles.